The number of benzene rings is 1. The smallest absolute Gasteiger partial charge is 0.305 e. The van der Waals surface area contributed by atoms with E-state index >= 15 is 0 Å². The molecular formula is C13H15Cl2NO3. The number of hydrogen-bond donors (Lipinski definition) is 2. The highest BCUT2D eigenvalue weighted by molar-refractivity contribution is 6.42. The molecule has 0 spiro atoms. The molecule has 0 aromatic heterocycles. The van der Waals surface area contributed by atoms with Crippen molar-refractivity contribution in [1.82, 2.24) is 5.32 Å². The van der Waals surface area contributed by atoms with Crippen molar-refractivity contribution in [2.75, 3.05) is 6.54 Å². The van der Waals surface area contributed by atoms with Gasteiger partial charge in [0, 0.05) is 13.0 Å². The fourth-order valence-electron chi connectivity index (χ4n) is 1.55. The Morgan fingerprint density at radius 2 is 1.89 bits per heavy atom. The molecule has 4 nitrogen and oxygen atoms in total. The van der Waals surface area contributed by atoms with Crippen molar-refractivity contribution in [1.29, 1.82) is 0 Å². The Labute approximate surface area is 121 Å². The number of carbonyl (C=O) groups is 2. The van der Waals surface area contributed by atoms with Crippen LogP contribution in [0.5, 0.6) is 0 Å². The number of aliphatic carboxylic acids is 1. The van der Waals surface area contributed by atoms with Gasteiger partial charge in [0.15, 0.2) is 0 Å². The van der Waals surface area contributed by atoms with Crippen LogP contribution in [0.1, 0.15) is 24.8 Å². The molecule has 0 unspecified atom stereocenters. The first-order chi connectivity index (χ1) is 8.99. The standard InChI is InChI=1S/C13H15Cl2NO3/c14-10-5-4-9(8-11(10)15)2-1-3-12(17)16-7-6-13(18)19/h4-5,8H,1-3,6-7H2,(H,16,17)(H,18,19). The maximum atomic E-state index is 11.4. The molecule has 1 aromatic carbocycles. The predicted octanol–water partition coefficient (Wildman–Crippen LogP) is 2.91. The number of nitrogens with one attached hydrogen (secondary N) is 1. The molecule has 0 heterocycles. The van der Waals surface area contributed by atoms with E-state index in [0.29, 0.717) is 22.9 Å². The molecule has 0 fully saturated rings. The Morgan fingerprint density at radius 3 is 2.53 bits per heavy atom. The molecule has 0 radical (unpaired) electrons. The van der Waals surface area contributed by atoms with Crippen LogP contribution >= 0.6 is 23.2 Å². The van der Waals surface area contributed by atoms with Gasteiger partial charge in [0.25, 0.3) is 0 Å². The lowest BCUT2D eigenvalue weighted by molar-refractivity contribution is -0.136. The lowest BCUT2D eigenvalue weighted by atomic mass is 10.1. The Morgan fingerprint density at radius 1 is 1.16 bits per heavy atom. The van der Waals surface area contributed by atoms with E-state index in [4.69, 9.17) is 28.3 Å². The maximum Gasteiger partial charge on any atom is 0.305 e. The summed E-state index contributed by atoms with van der Waals surface area (Å²) in [5, 5.41) is 12.0. The summed E-state index contributed by atoms with van der Waals surface area (Å²) in [5.41, 5.74) is 1.02. The van der Waals surface area contributed by atoms with Gasteiger partial charge in [-0.15, -0.1) is 0 Å². The third-order valence-electron chi connectivity index (χ3n) is 2.51. The first-order valence-corrected chi connectivity index (χ1v) is 6.67. The van der Waals surface area contributed by atoms with Crippen molar-refractivity contribution in [2.24, 2.45) is 0 Å². The Bertz CT molecular complexity index is 463. The van der Waals surface area contributed by atoms with Crippen LogP contribution in [0.25, 0.3) is 0 Å². The molecule has 2 N–H and O–H groups in total. The van der Waals surface area contributed by atoms with E-state index < -0.39 is 5.97 Å². The van der Waals surface area contributed by atoms with Crippen LogP contribution in [0.3, 0.4) is 0 Å². The lowest BCUT2D eigenvalue weighted by Crippen LogP contribution is -2.25. The minimum absolute atomic E-state index is 0.0570. The highest BCUT2D eigenvalue weighted by Gasteiger charge is 2.04. The van der Waals surface area contributed by atoms with Crippen molar-refractivity contribution in [2.45, 2.75) is 25.7 Å². The average molecular weight is 304 g/mol. The van der Waals surface area contributed by atoms with Gasteiger partial charge in [0.1, 0.15) is 0 Å². The monoisotopic (exact) mass is 303 g/mol. The summed E-state index contributed by atoms with van der Waals surface area (Å²) >= 11 is 11.7. The largest absolute Gasteiger partial charge is 0.481 e. The van der Waals surface area contributed by atoms with Crippen LogP contribution in [-0.2, 0) is 16.0 Å². The summed E-state index contributed by atoms with van der Waals surface area (Å²) in [5.74, 6) is -1.06. The topological polar surface area (TPSA) is 66.4 Å². The second-order valence-electron chi connectivity index (χ2n) is 4.10. The van der Waals surface area contributed by atoms with Crippen LogP contribution in [0.2, 0.25) is 10.0 Å². The van der Waals surface area contributed by atoms with Gasteiger partial charge < -0.3 is 10.4 Å². The van der Waals surface area contributed by atoms with Crippen LogP contribution in [-0.4, -0.2) is 23.5 Å². The van der Waals surface area contributed by atoms with Gasteiger partial charge in [-0.05, 0) is 30.5 Å². The van der Waals surface area contributed by atoms with Crippen LogP contribution < -0.4 is 5.32 Å². The van der Waals surface area contributed by atoms with E-state index in [-0.39, 0.29) is 18.9 Å². The van der Waals surface area contributed by atoms with Gasteiger partial charge in [-0.1, -0.05) is 29.3 Å². The molecule has 0 saturated heterocycles. The number of rotatable bonds is 7. The van der Waals surface area contributed by atoms with E-state index in [2.05, 4.69) is 5.32 Å². The molecule has 1 amide bonds. The van der Waals surface area contributed by atoms with Crippen molar-refractivity contribution < 1.29 is 14.7 Å². The summed E-state index contributed by atoms with van der Waals surface area (Å²) < 4.78 is 0. The SMILES string of the molecule is O=C(O)CCNC(=O)CCCc1ccc(Cl)c(Cl)c1. The summed E-state index contributed by atoms with van der Waals surface area (Å²) in [7, 11) is 0. The molecule has 0 atom stereocenters. The van der Waals surface area contributed by atoms with Crippen molar-refractivity contribution in [3.63, 3.8) is 0 Å². The summed E-state index contributed by atoms with van der Waals surface area (Å²) in [6.45, 7) is 0.168. The van der Waals surface area contributed by atoms with E-state index in [0.717, 1.165) is 12.0 Å². The number of aryl methyl sites for hydroxylation is 1. The number of halogens is 2. The maximum absolute atomic E-state index is 11.4. The summed E-state index contributed by atoms with van der Waals surface area (Å²) in [6, 6.07) is 5.38. The number of carboxylic acids is 1. The first-order valence-electron chi connectivity index (χ1n) is 5.91. The van der Waals surface area contributed by atoms with Crippen molar-refractivity contribution in [3.8, 4) is 0 Å². The highest BCUT2D eigenvalue weighted by Crippen LogP contribution is 2.23. The van der Waals surface area contributed by atoms with E-state index in [9.17, 15) is 9.59 Å². The predicted molar refractivity (Wildman–Crippen MR) is 74.7 cm³/mol. The second kappa shape index (κ2) is 8.02. The van der Waals surface area contributed by atoms with Crippen LogP contribution in [0.15, 0.2) is 18.2 Å². The third kappa shape index (κ3) is 6.45. The number of carbonyl (C=O) groups excluding carboxylic acids is 1. The average Bonchev–Trinajstić information content (AvgIpc) is 2.33. The number of hydrogen-bond acceptors (Lipinski definition) is 2. The first kappa shape index (κ1) is 15.8. The normalized spacial score (nSPS) is 10.2. The molecule has 1 rings (SSSR count). The molecule has 0 bridgehead atoms. The van der Waals surface area contributed by atoms with Gasteiger partial charge >= 0.3 is 5.97 Å². The molecule has 0 aliphatic rings. The molecular weight excluding hydrogens is 289 g/mol. The minimum atomic E-state index is -0.920. The van der Waals surface area contributed by atoms with E-state index in [1.54, 1.807) is 12.1 Å². The molecule has 19 heavy (non-hydrogen) atoms. The third-order valence-corrected chi connectivity index (χ3v) is 3.25. The fraction of sp³-hybridized carbons (Fsp3) is 0.385. The van der Waals surface area contributed by atoms with Crippen molar-refractivity contribution in [3.05, 3.63) is 33.8 Å². The molecule has 104 valence electrons. The minimum Gasteiger partial charge on any atom is -0.481 e. The van der Waals surface area contributed by atoms with Crippen LogP contribution in [0.4, 0.5) is 0 Å². The molecule has 0 aliphatic heterocycles. The quantitative estimate of drug-likeness (QED) is 0.814. The zero-order valence-corrected chi connectivity index (χ0v) is 11.8. The van der Waals surface area contributed by atoms with Crippen molar-refractivity contribution >= 4 is 35.1 Å². The Kier molecular flexibility index (Phi) is 6.67. The fourth-order valence-corrected chi connectivity index (χ4v) is 1.87. The Balaban J connectivity index is 2.24. The zero-order chi connectivity index (χ0) is 14.3. The Hall–Kier alpha value is -1.26. The van der Waals surface area contributed by atoms with Gasteiger partial charge in [-0.3, -0.25) is 9.59 Å². The summed E-state index contributed by atoms with van der Waals surface area (Å²) in [6.07, 6.45) is 1.71. The molecule has 6 heteroatoms. The van der Waals surface area contributed by atoms with E-state index in [1.807, 2.05) is 6.07 Å². The summed E-state index contributed by atoms with van der Waals surface area (Å²) in [4.78, 5) is 21.6. The molecule has 0 aliphatic carbocycles. The molecule has 1 aromatic rings. The molecule has 0 saturated carbocycles. The number of carboxylic acid groups (broad SMARTS) is 1. The van der Waals surface area contributed by atoms with Gasteiger partial charge in [0.05, 0.1) is 16.5 Å². The van der Waals surface area contributed by atoms with Gasteiger partial charge in [-0.2, -0.15) is 0 Å². The highest BCUT2D eigenvalue weighted by atomic mass is 35.5. The number of amides is 1. The van der Waals surface area contributed by atoms with Gasteiger partial charge in [-0.25, -0.2) is 0 Å². The zero-order valence-electron chi connectivity index (χ0n) is 10.3. The second-order valence-corrected chi connectivity index (χ2v) is 4.91. The lowest BCUT2D eigenvalue weighted by Gasteiger charge is -2.05. The van der Waals surface area contributed by atoms with E-state index in [1.165, 1.54) is 0 Å². The van der Waals surface area contributed by atoms with Crippen LogP contribution in [0, 0.1) is 0 Å². The van der Waals surface area contributed by atoms with Gasteiger partial charge in [0.2, 0.25) is 5.91 Å².